The molecule has 3 aromatic carbocycles. The van der Waals surface area contributed by atoms with E-state index in [-0.39, 0.29) is 5.91 Å². The van der Waals surface area contributed by atoms with Gasteiger partial charge in [0.1, 0.15) is 23.1 Å². The molecule has 0 unspecified atom stereocenters. The van der Waals surface area contributed by atoms with Gasteiger partial charge in [-0.3, -0.25) is 14.4 Å². The first-order valence-corrected chi connectivity index (χ1v) is 11.8. The van der Waals surface area contributed by atoms with Crippen molar-refractivity contribution >= 4 is 11.6 Å². The van der Waals surface area contributed by atoms with Crippen LogP contribution in [0.15, 0.2) is 52.1 Å². The van der Waals surface area contributed by atoms with E-state index in [0.717, 1.165) is 31.5 Å². The lowest BCUT2D eigenvalue weighted by Crippen LogP contribution is -2.53. The third-order valence-corrected chi connectivity index (χ3v) is 7.49. The Labute approximate surface area is 196 Å². The lowest BCUT2D eigenvalue weighted by atomic mass is 9.84. The quantitative estimate of drug-likeness (QED) is 0.608. The zero-order valence-electron chi connectivity index (χ0n) is 19.2. The molecule has 0 radical (unpaired) electrons. The van der Waals surface area contributed by atoms with Gasteiger partial charge in [-0.1, -0.05) is 24.3 Å². The van der Waals surface area contributed by atoms with E-state index < -0.39 is 28.6 Å². The molecule has 0 aliphatic carbocycles. The molecule has 174 valence electrons. The fraction of sp³-hybridized carbons (Fsp3) is 0.370. The number of fused-ring (bicyclic) bond motifs is 2. The van der Waals surface area contributed by atoms with E-state index in [4.69, 9.17) is 4.74 Å². The van der Waals surface area contributed by atoms with Gasteiger partial charge in [0.2, 0.25) is 10.9 Å². The second-order valence-electron chi connectivity index (χ2n) is 10.0. The Kier molecular flexibility index (Phi) is 4.51. The number of aliphatic hydroxyl groups is 1. The smallest absolute Gasteiger partial charge is 0.255 e. The number of carbonyl (C=O) groups excluding carboxylic acids is 1. The van der Waals surface area contributed by atoms with Crippen molar-refractivity contribution in [2.45, 2.75) is 51.0 Å². The fourth-order valence-electron chi connectivity index (χ4n) is 5.65. The van der Waals surface area contributed by atoms with E-state index in [1.165, 1.54) is 0 Å². The molecular weight excluding hydrogens is 432 g/mol. The molecule has 1 saturated heterocycles. The number of hydrogen-bond donors (Lipinski definition) is 1. The minimum atomic E-state index is -0.987. The number of benzene rings is 2. The van der Waals surface area contributed by atoms with Crippen LogP contribution >= 0.6 is 0 Å². The van der Waals surface area contributed by atoms with E-state index in [2.05, 4.69) is 0 Å². The number of rotatable bonds is 3. The number of hydrogen-bond acceptors (Lipinski definition) is 6. The van der Waals surface area contributed by atoms with Crippen LogP contribution in [0.4, 0.5) is 5.69 Å². The summed E-state index contributed by atoms with van der Waals surface area (Å²) in [5.74, 6) is 0.426. The van der Waals surface area contributed by atoms with Crippen molar-refractivity contribution in [3.63, 3.8) is 0 Å². The lowest BCUT2D eigenvalue weighted by Gasteiger charge is -2.45. The Morgan fingerprint density at radius 2 is 1.74 bits per heavy atom. The van der Waals surface area contributed by atoms with Gasteiger partial charge in [-0.25, -0.2) is 0 Å². The first-order chi connectivity index (χ1) is 16.3. The van der Waals surface area contributed by atoms with E-state index in [1.54, 1.807) is 36.9 Å². The molecule has 6 rings (SSSR count). The Bertz CT molecular complexity index is 1390. The van der Waals surface area contributed by atoms with Gasteiger partial charge < -0.3 is 19.6 Å². The van der Waals surface area contributed by atoms with Crippen LogP contribution in [0.3, 0.4) is 0 Å². The number of anilines is 1. The Balaban J connectivity index is 1.47. The molecule has 3 aromatic rings. The molecule has 0 aromatic heterocycles. The average molecular weight is 459 g/mol. The normalized spacial score (nSPS) is 23.2. The summed E-state index contributed by atoms with van der Waals surface area (Å²) >= 11 is 0. The predicted molar refractivity (Wildman–Crippen MR) is 128 cm³/mol. The molecule has 0 spiro atoms. The van der Waals surface area contributed by atoms with Crippen LogP contribution in [0.1, 0.15) is 54.2 Å². The Hall–Kier alpha value is -3.45. The number of aliphatic hydroxyl groups excluding tert-OH is 1. The summed E-state index contributed by atoms with van der Waals surface area (Å²) in [4.78, 5) is 42.1. The van der Waals surface area contributed by atoms with Crippen LogP contribution in [0.5, 0.6) is 5.75 Å². The highest BCUT2D eigenvalue weighted by molar-refractivity contribution is 5.98. The maximum absolute atomic E-state index is 13.3. The van der Waals surface area contributed by atoms with E-state index >= 15 is 0 Å². The van der Waals surface area contributed by atoms with E-state index in [1.807, 2.05) is 29.2 Å². The van der Waals surface area contributed by atoms with Crippen LogP contribution in [0.2, 0.25) is 0 Å². The van der Waals surface area contributed by atoms with Crippen molar-refractivity contribution in [1.82, 2.24) is 4.90 Å². The summed E-state index contributed by atoms with van der Waals surface area (Å²) in [6, 6.07) is 12.2. The van der Waals surface area contributed by atoms with Gasteiger partial charge in [0.15, 0.2) is 0 Å². The van der Waals surface area contributed by atoms with Crippen molar-refractivity contribution in [2.24, 2.45) is 0 Å². The van der Waals surface area contributed by atoms with Crippen molar-refractivity contribution in [2.75, 3.05) is 18.0 Å². The van der Waals surface area contributed by atoms with Crippen molar-refractivity contribution < 1.29 is 14.6 Å². The van der Waals surface area contributed by atoms with Gasteiger partial charge in [-0.2, -0.15) is 0 Å². The molecule has 3 aliphatic heterocycles. The summed E-state index contributed by atoms with van der Waals surface area (Å²) in [6.07, 6.45) is 1.01. The highest BCUT2D eigenvalue weighted by Gasteiger charge is 2.48. The molecule has 3 heterocycles. The number of amides is 1. The van der Waals surface area contributed by atoms with Gasteiger partial charge in [-0.15, -0.1) is 0 Å². The van der Waals surface area contributed by atoms with Crippen LogP contribution in [0, 0.1) is 0 Å². The average Bonchev–Trinajstić information content (AvgIpc) is 3.46. The molecule has 7 nitrogen and oxygen atoms in total. The molecule has 0 saturated carbocycles. The number of carbonyl (C=O) groups is 1. The summed E-state index contributed by atoms with van der Waals surface area (Å²) in [5, 5.41) is 11.4. The molecule has 1 amide bonds. The summed E-state index contributed by atoms with van der Waals surface area (Å²) in [5.41, 5.74) is 1.88. The Morgan fingerprint density at radius 1 is 1.00 bits per heavy atom. The molecule has 7 heteroatoms. The number of nitrogens with zero attached hydrogens (tertiary/aromatic N) is 2. The van der Waals surface area contributed by atoms with Crippen LogP contribution in [-0.2, 0) is 6.54 Å². The largest absolute Gasteiger partial charge is 0.485 e. The first kappa shape index (κ1) is 21.1. The maximum Gasteiger partial charge on any atom is 0.255 e. The standard InChI is InChI=1S/C27H26N2O5/c1-27(2)25(32)21(29-14-16-7-3-4-8-17(16)26(29)33)18-13-15(9-10-19(18)34-27)20-22(24(31)23(20)30)28-11-5-6-12-28/h3-4,7-10,13,21,25,32H,5-6,11-12,14H2,1-2H3/t21-,25+/m0/s1. The highest BCUT2D eigenvalue weighted by atomic mass is 16.5. The van der Waals surface area contributed by atoms with Crippen molar-refractivity contribution in [3.05, 3.63) is 79.6 Å². The van der Waals surface area contributed by atoms with Crippen molar-refractivity contribution in [3.8, 4) is 16.9 Å². The summed E-state index contributed by atoms with van der Waals surface area (Å²) < 4.78 is 6.13. The zero-order chi connectivity index (χ0) is 23.8. The van der Waals surface area contributed by atoms with Crippen LogP contribution < -0.4 is 20.5 Å². The minimum absolute atomic E-state index is 0.138. The molecule has 0 bridgehead atoms. The van der Waals surface area contributed by atoms with Gasteiger partial charge in [0.05, 0.1) is 11.6 Å². The van der Waals surface area contributed by atoms with Gasteiger partial charge in [0.25, 0.3) is 5.91 Å². The molecule has 3 aliphatic rings. The first-order valence-electron chi connectivity index (χ1n) is 11.8. The molecular formula is C27H26N2O5. The highest BCUT2D eigenvalue weighted by Crippen LogP contribution is 2.47. The third kappa shape index (κ3) is 2.89. The van der Waals surface area contributed by atoms with Crippen LogP contribution in [-0.4, -0.2) is 40.7 Å². The third-order valence-electron chi connectivity index (χ3n) is 7.49. The second-order valence-corrected chi connectivity index (χ2v) is 10.0. The summed E-state index contributed by atoms with van der Waals surface area (Å²) in [6.45, 7) is 5.52. The zero-order valence-corrected chi connectivity index (χ0v) is 19.2. The Morgan fingerprint density at radius 3 is 2.47 bits per heavy atom. The van der Waals surface area contributed by atoms with Crippen molar-refractivity contribution in [1.29, 1.82) is 0 Å². The van der Waals surface area contributed by atoms with E-state index in [9.17, 15) is 19.5 Å². The molecule has 34 heavy (non-hydrogen) atoms. The van der Waals surface area contributed by atoms with Crippen LogP contribution in [0.25, 0.3) is 11.1 Å². The monoisotopic (exact) mass is 458 g/mol. The summed E-state index contributed by atoms with van der Waals surface area (Å²) in [7, 11) is 0. The second kappa shape index (κ2) is 7.27. The van der Waals surface area contributed by atoms with Gasteiger partial charge >= 0.3 is 0 Å². The topological polar surface area (TPSA) is 87.2 Å². The fourth-order valence-corrected chi connectivity index (χ4v) is 5.65. The minimum Gasteiger partial charge on any atom is -0.485 e. The number of ether oxygens (including phenoxy) is 1. The predicted octanol–water partition coefficient (Wildman–Crippen LogP) is 2.78. The van der Waals surface area contributed by atoms with Gasteiger partial charge in [-0.05, 0) is 56.0 Å². The molecule has 2 atom stereocenters. The van der Waals surface area contributed by atoms with E-state index in [0.29, 0.717) is 40.2 Å². The van der Waals surface area contributed by atoms with Gasteiger partial charge in [0, 0.05) is 30.8 Å². The SMILES string of the molecule is CC1(C)Oc2ccc(-c3c(N4CCCC4)c(=O)c3=O)cc2[C@H](N2Cc3ccccc3C2=O)[C@H]1O. The maximum atomic E-state index is 13.3. The molecule has 1 fully saturated rings. The molecule has 1 N–H and O–H groups in total. The lowest BCUT2D eigenvalue weighted by molar-refractivity contribution is -0.0867.